The standard InChI is InChI=1S/C16H25N3O3S2/c1-10(2)15-17-11(3)14(23-15)16(20)19-8-12-5-6-13(19)9-18(7-12)24(4,21)22/h10,12-13H,5-9H2,1-4H3/t12-,13+/m0/s1. The maximum Gasteiger partial charge on any atom is 0.266 e. The monoisotopic (exact) mass is 371 g/mol. The molecule has 4 rings (SSSR count). The highest BCUT2D eigenvalue weighted by molar-refractivity contribution is 7.88. The van der Waals surface area contributed by atoms with Crippen LogP contribution in [0, 0.1) is 12.8 Å². The molecule has 0 aromatic carbocycles. The number of sulfonamides is 1. The third kappa shape index (κ3) is 3.36. The van der Waals surface area contributed by atoms with Gasteiger partial charge in [-0.15, -0.1) is 11.3 Å². The van der Waals surface area contributed by atoms with Crippen molar-refractivity contribution in [2.24, 2.45) is 5.92 Å². The predicted molar refractivity (Wildman–Crippen MR) is 94.9 cm³/mol. The zero-order chi connectivity index (χ0) is 17.6. The fourth-order valence-corrected chi connectivity index (χ4v) is 5.50. The lowest BCUT2D eigenvalue weighted by Gasteiger charge is -2.36. The van der Waals surface area contributed by atoms with Crippen molar-refractivity contribution in [3.63, 3.8) is 0 Å². The van der Waals surface area contributed by atoms with E-state index in [-0.39, 0.29) is 17.9 Å². The molecule has 134 valence electrons. The van der Waals surface area contributed by atoms with E-state index in [1.165, 1.54) is 17.6 Å². The average molecular weight is 372 g/mol. The molecule has 0 unspecified atom stereocenters. The molecule has 3 aliphatic heterocycles. The fraction of sp³-hybridized carbons (Fsp3) is 0.750. The number of amides is 1. The van der Waals surface area contributed by atoms with Gasteiger partial charge < -0.3 is 4.90 Å². The Bertz CT molecular complexity index is 742. The molecule has 0 spiro atoms. The number of fused-ring (bicyclic) bond motifs is 4. The first-order valence-corrected chi connectivity index (χ1v) is 11.1. The van der Waals surface area contributed by atoms with Gasteiger partial charge in [-0.05, 0) is 25.7 Å². The van der Waals surface area contributed by atoms with E-state index in [4.69, 9.17) is 0 Å². The quantitative estimate of drug-likeness (QED) is 0.815. The van der Waals surface area contributed by atoms with E-state index < -0.39 is 10.0 Å². The molecule has 24 heavy (non-hydrogen) atoms. The molecule has 1 aromatic rings. The van der Waals surface area contributed by atoms with Crippen LogP contribution in [0.1, 0.15) is 53.0 Å². The van der Waals surface area contributed by atoms with E-state index in [1.807, 2.05) is 11.8 Å². The number of rotatable bonds is 3. The molecule has 8 heteroatoms. The second kappa shape index (κ2) is 6.38. The Labute approximate surface area is 147 Å². The van der Waals surface area contributed by atoms with E-state index >= 15 is 0 Å². The third-order valence-corrected chi connectivity index (χ3v) is 7.59. The van der Waals surface area contributed by atoms with Crippen molar-refractivity contribution in [3.8, 4) is 0 Å². The number of aromatic nitrogens is 1. The normalized spacial score (nSPS) is 25.3. The number of aryl methyl sites for hydroxylation is 1. The van der Waals surface area contributed by atoms with Crippen molar-refractivity contribution >= 4 is 27.3 Å². The Hall–Kier alpha value is -0.990. The van der Waals surface area contributed by atoms with Gasteiger partial charge in [0.15, 0.2) is 0 Å². The molecule has 2 bridgehead atoms. The first-order chi connectivity index (χ1) is 11.2. The Kier molecular flexibility index (Phi) is 4.74. The number of hydrogen-bond donors (Lipinski definition) is 0. The molecule has 4 heterocycles. The summed E-state index contributed by atoms with van der Waals surface area (Å²) in [6.07, 6.45) is 3.11. The molecule has 0 N–H and O–H groups in total. The van der Waals surface area contributed by atoms with Gasteiger partial charge in [-0.25, -0.2) is 13.4 Å². The zero-order valence-electron chi connectivity index (χ0n) is 14.7. The lowest BCUT2D eigenvalue weighted by atomic mass is 9.95. The maximum absolute atomic E-state index is 13.1. The van der Waals surface area contributed by atoms with E-state index in [0.717, 1.165) is 23.5 Å². The van der Waals surface area contributed by atoms with Crippen LogP contribution in [-0.2, 0) is 10.0 Å². The van der Waals surface area contributed by atoms with E-state index in [2.05, 4.69) is 18.8 Å². The molecule has 6 nitrogen and oxygen atoms in total. The minimum absolute atomic E-state index is 0.0157. The Balaban J connectivity index is 1.86. The summed E-state index contributed by atoms with van der Waals surface area (Å²) >= 11 is 1.48. The van der Waals surface area contributed by atoms with Gasteiger partial charge in [0, 0.05) is 31.6 Å². The van der Waals surface area contributed by atoms with Gasteiger partial charge in [0.25, 0.3) is 5.91 Å². The summed E-state index contributed by atoms with van der Waals surface area (Å²) in [5, 5.41) is 0.980. The average Bonchev–Trinajstić information content (AvgIpc) is 2.68. The van der Waals surface area contributed by atoms with Gasteiger partial charge in [-0.3, -0.25) is 4.79 Å². The van der Waals surface area contributed by atoms with Crippen LogP contribution in [0.3, 0.4) is 0 Å². The molecule has 3 saturated heterocycles. The maximum atomic E-state index is 13.1. The summed E-state index contributed by atoms with van der Waals surface area (Å²) in [6, 6.07) is -0.0324. The molecule has 1 amide bonds. The number of piperidine rings is 1. The molecule has 1 aromatic heterocycles. The van der Waals surface area contributed by atoms with Crippen LogP contribution in [-0.4, -0.2) is 60.4 Å². The Morgan fingerprint density at radius 1 is 1.25 bits per heavy atom. The number of carbonyl (C=O) groups is 1. The van der Waals surface area contributed by atoms with Crippen LogP contribution in [0.5, 0.6) is 0 Å². The first kappa shape index (κ1) is 17.8. The fourth-order valence-electron chi connectivity index (χ4n) is 3.55. The topological polar surface area (TPSA) is 70.6 Å². The summed E-state index contributed by atoms with van der Waals surface area (Å²) in [6.45, 7) is 7.61. The Morgan fingerprint density at radius 2 is 1.96 bits per heavy atom. The van der Waals surface area contributed by atoms with Gasteiger partial charge >= 0.3 is 0 Å². The molecule has 0 radical (unpaired) electrons. The van der Waals surface area contributed by atoms with Gasteiger partial charge in [0.2, 0.25) is 10.0 Å². The number of hydrogen-bond acceptors (Lipinski definition) is 5. The second-order valence-corrected chi connectivity index (χ2v) is 10.3. The largest absolute Gasteiger partial charge is 0.333 e. The lowest BCUT2D eigenvalue weighted by molar-refractivity contribution is 0.0593. The van der Waals surface area contributed by atoms with Crippen molar-refractivity contribution in [2.75, 3.05) is 25.9 Å². The summed E-state index contributed by atoms with van der Waals surface area (Å²) in [5.74, 6) is 0.540. The minimum Gasteiger partial charge on any atom is -0.333 e. The van der Waals surface area contributed by atoms with Crippen molar-refractivity contribution < 1.29 is 13.2 Å². The summed E-state index contributed by atoms with van der Waals surface area (Å²) in [5.41, 5.74) is 0.786. The van der Waals surface area contributed by atoms with Crippen LogP contribution < -0.4 is 0 Å². The predicted octanol–water partition coefficient (Wildman–Crippen LogP) is 2.07. The van der Waals surface area contributed by atoms with Crippen molar-refractivity contribution in [1.82, 2.24) is 14.2 Å². The van der Waals surface area contributed by atoms with Crippen LogP contribution in [0.25, 0.3) is 0 Å². The summed E-state index contributed by atoms with van der Waals surface area (Å²) in [7, 11) is -3.22. The molecule has 0 aliphatic carbocycles. The number of nitrogens with zero attached hydrogens (tertiary/aromatic N) is 3. The SMILES string of the molecule is Cc1nc(C(C)C)sc1C(=O)N1C[C@H]2CC[C@@H]1CN(S(C)(=O)=O)C2. The van der Waals surface area contributed by atoms with Crippen molar-refractivity contribution in [1.29, 1.82) is 0 Å². The van der Waals surface area contributed by atoms with Gasteiger partial charge in [-0.2, -0.15) is 4.31 Å². The second-order valence-electron chi connectivity index (χ2n) is 7.26. The van der Waals surface area contributed by atoms with Crippen LogP contribution in [0.4, 0.5) is 0 Å². The van der Waals surface area contributed by atoms with Gasteiger partial charge in [0.05, 0.1) is 17.0 Å². The van der Waals surface area contributed by atoms with Crippen LogP contribution >= 0.6 is 11.3 Å². The van der Waals surface area contributed by atoms with E-state index in [1.54, 1.807) is 4.31 Å². The smallest absolute Gasteiger partial charge is 0.266 e. The first-order valence-electron chi connectivity index (χ1n) is 8.40. The molecule has 3 aliphatic rings. The highest BCUT2D eigenvalue weighted by atomic mass is 32.2. The minimum atomic E-state index is -3.22. The zero-order valence-corrected chi connectivity index (χ0v) is 16.3. The van der Waals surface area contributed by atoms with Gasteiger partial charge in [0.1, 0.15) is 4.88 Å². The highest BCUT2D eigenvalue weighted by Gasteiger charge is 2.40. The van der Waals surface area contributed by atoms with Crippen LogP contribution in [0.15, 0.2) is 0 Å². The lowest BCUT2D eigenvalue weighted by Crippen LogP contribution is -2.47. The summed E-state index contributed by atoms with van der Waals surface area (Å²) < 4.78 is 25.4. The van der Waals surface area contributed by atoms with Crippen molar-refractivity contribution in [3.05, 3.63) is 15.6 Å². The molecular weight excluding hydrogens is 346 g/mol. The molecule has 0 saturated carbocycles. The highest BCUT2D eigenvalue weighted by Crippen LogP contribution is 2.32. The van der Waals surface area contributed by atoms with Gasteiger partial charge in [-0.1, -0.05) is 13.8 Å². The molecule has 2 atom stereocenters. The third-order valence-electron chi connectivity index (χ3n) is 4.91. The Morgan fingerprint density at radius 3 is 2.54 bits per heavy atom. The van der Waals surface area contributed by atoms with E-state index in [0.29, 0.717) is 30.4 Å². The van der Waals surface area contributed by atoms with Crippen molar-refractivity contribution in [2.45, 2.75) is 45.6 Å². The summed E-state index contributed by atoms with van der Waals surface area (Å²) in [4.78, 5) is 20.2. The number of thiazole rings is 1. The number of carbonyl (C=O) groups excluding carboxylic acids is 1. The van der Waals surface area contributed by atoms with Crippen LogP contribution in [0.2, 0.25) is 0 Å². The molecular formula is C16H25N3O3S2. The van der Waals surface area contributed by atoms with E-state index in [9.17, 15) is 13.2 Å². The molecule has 3 fully saturated rings.